The first-order valence-electron chi connectivity index (χ1n) is 9.71. The summed E-state index contributed by atoms with van der Waals surface area (Å²) < 4.78 is 79.4. The molecule has 0 saturated carbocycles. The molecule has 0 aromatic heterocycles. The summed E-state index contributed by atoms with van der Waals surface area (Å²) >= 11 is 0. The van der Waals surface area contributed by atoms with Gasteiger partial charge < -0.3 is 25.1 Å². The van der Waals surface area contributed by atoms with Gasteiger partial charge in [0.25, 0.3) is 20.2 Å². The lowest BCUT2D eigenvalue weighted by atomic mass is 10.1. The topological polar surface area (TPSA) is 183 Å². The van der Waals surface area contributed by atoms with Crippen molar-refractivity contribution in [1.29, 1.82) is 0 Å². The van der Waals surface area contributed by atoms with E-state index in [-0.39, 0.29) is 47.9 Å². The van der Waals surface area contributed by atoms with Gasteiger partial charge in [-0.1, -0.05) is 18.2 Å². The molecule has 184 valence electrons. The van der Waals surface area contributed by atoms with Gasteiger partial charge in [0.05, 0.1) is 25.7 Å². The van der Waals surface area contributed by atoms with E-state index >= 15 is 0 Å². The largest absolute Gasteiger partial charge is 0.504 e. The van der Waals surface area contributed by atoms with E-state index in [0.29, 0.717) is 11.1 Å². The number of nitrogens with two attached hydrogens (primary N) is 1. The van der Waals surface area contributed by atoms with Crippen molar-refractivity contribution in [3.8, 4) is 23.0 Å². The van der Waals surface area contributed by atoms with Crippen molar-refractivity contribution in [2.45, 2.75) is 25.4 Å². The molecule has 1 unspecified atom stereocenters. The fourth-order valence-electron chi connectivity index (χ4n) is 3.28. The lowest BCUT2D eigenvalue weighted by Gasteiger charge is -2.22. The van der Waals surface area contributed by atoms with E-state index in [1.165, 1.54) is 26.4 Å². The number of rotatable bonds is 12. The Morgan fingerprint density at radius 1 is 0.939 bits per heavy atom. The van der Waals surface area contributed by atoms with Crippen LogP contribution in [0.5, 0.6) is 23.0 Å². The van der Waals surface area contributed by atoms with Gasteiger partial charge >= 0.3 is 0 Å². The van der Waals surface area contributed by atoms with Gasteiger partial charge in [-0.15, -0.1) is 0 Å². The standard InChI is InChI=1S/C20H27NO10S2/c1-29-16-7-3-5-14(19(16)22)11-15(12-33(26,27)28)31-17-9-8-13(18(21)20(17)30-2)6-4-10-32(23,24)25/h3,5,7-9,15,22H,4,6,10-12,21H2,1-2H3,(H,23,24,25)(H,26,27,28). The van der Waals surface area contributed by atoms with Crippen LogP contribution in [0.25, 0.3) is 0 Å². The fourth-order valence-corrected chi connectivity index (χ4v) is 4.44. The van der Waals surface area contributed by atoms with Crippen LogP contribution in [0, 0.1) is 0 Å². The number of phenols is 1. The number of methoxy groups -OCH3 is 2. The molecule has 0 amide bonds. The third-order valence-corrected chi connectivity index (χ3v) is 6.34. The first-order chi connectivity index (χ1) is 15.3. The van der Waals surface area contributed by atoms with Crippen LogP contribution in [0.1, 0.15) is 17.5 Å². The number of anilines is 1. The van der Waals surface area contributed by atoms with E-state index in [1.54, 1.807) is 18.2 Å². The quantitative estimate of drug-likeness (QED) is 0.243. The smallest absolute Gasteiger partial charge is 0.268 e. The predicted molar refractivity (Wildman–Crippen MR) is 121 cm³/mol. The Morgan fingerprint density at radius 2 is 1.64 bits per heavy atom. The minimum atomic E-state index is -4.45. The van der Waals surface area contributed by atoms with Crippen molar-refractivity contribution in [3.05, 3.63) is 41.5 Å². The maximum atomic E-state index is 11.6. The minimum absolute atomic E-state index is 0.0876. The zero-order valence-corrected chi connectivity index (χ0v) is 19.7. The van der Waals surface area contributed by atoms with Crippen molar-refractivity contribution in [2.24, 2.45) is 0 Å². The lowest BCUT2D eigenvalue weighted by molar-refractivity contribution is 0.210. The summed E-state index contributed by atoms with van der Waals surface area (Å²) in [5, 5.41) is 10.3. The van der Waals surface area contributed by atoms with Crippen molar-refractivity contribution >= 4 is 25.9 Å². The SMILES string of the molecule is COc1cccc(CC(CS(=O)(=O)O)Oc2ccc(CCCS(=O)(=O)O)c(N)c2OC)c1O. The summed E-state index contributed by atoms with van der Waals surface area (Å²) in [6.07, 6.45) is -0.875. The monoisotopic (exact) mass is 505 g/mol. The molecule has 33 heavy (non-hydrogen) atoms. The van der Waals surface area contributed by atoms with Crippen LogP contribution in [-0.2, 0) is 33.1 Å². The molecule has 0 spiro atoms. The molecule has 11 nitrogen and oxygen atoms in total. The van der Waals surface area contributed by atoms with Gasteiger partial charge in [-0.2, -0.15) is 16.8 Å². The maximum absolute atomic E-state index is 11.6. The Morgan fingerprint density at radius 3 is 2.21 bits per heavy atom. The Hall–Kier alpha value is -2.74. The Balaban J connectivity index is 2.32. The van der Waals surface area contributed by atoms with Gasteiger partial charge in [0.15, 0.2) is 23.0 Å². The van der Waals surface area contributed by atoms with E-state index in [2.05, 4.69) is 0 Å². The second-order valence-corrected chi connectivity index (χ2v) is 10.3. The summed E-state index contributed by atoms with van der Waals surface area (Å²) in [5.74, 6) is -1.03. The molecule has 2 rings (SSSR count). The Kier molecular flexibility index (Phi) is 8.77. The molecule has 0 heterocycles. The number of phenolic OH excluding ortho intramolecular Hbond substituents is 1. The molecule has 5 N–H and O–H groups in total. The molecule has 0 fully saturated rings. The van der Waals surface area contributed by atoms with Crippen molar-refractivity contribution in [3.63, 3.8) is 0 Å². The molecule has 0 radical (unpaired) electrons. The highest BCUT2D eigenvalue weighted by Gasteiger charge is 2.24. The molecular formula is C20H27NO10S2. The van der Waals surface area contributed by atoms with E-state index < -0.39 is 37.8 Å². The van der Waals surface area contributed by atoms with Gasteiger partial charge in [-0.25, -0.2) is 0 Å². The van der Waals surface area contributed by atoms with Gasteiger partial charge in [-0.05, 0) is 30.5 Å². The van der Waals surface area contributed by atoms with Crippen LogP contribution in [0.3, 0.4) is 0 Å². The summed E-state index contributed by atoms with van der Waals surface area (Å²) in [6.45, 7) is 0. The summed E-state index contributed by atoms with van der Waals surface area (Å²) in [6, 6.07) is 7.73. The lowest BCUT2D eigenvalue weighted by Crippen LogP contribution is -2.29. The molecule has 0 aliphatic heterocycles. The Labute approximate surface area is 192 Å². The summed E-state index contributed by atoms with van der Waals surface area (Å²) in [4.78, 5) is 0. The molecule has 0 aliphatic rings. The van der Waals surface area contributed by atoms with Gasteiger partial charge in [0.2, 0.25) is 0 Å². The molecule has 0 bridgehead atoms. The maximum Gasteiger partial charge on any atom is 0.268 e. The van der Waals surface area contributed by atoms with Crippen LogP contribution >= 0.6 is 0 Å². The van der Waals surface area contributed by atoms with Crippen LogP contribution in [0.2, 0.25) is 0 Å². The summed E-state index contributed by atoms with van der Waals surface area (Å²) in [7, 11) is -5.86. The number of hydrogen-bond acceptors (Lipinski definition) is 9. The highest BCUT2D eigenvalue weighted by Crippen LogP contribution is 2.38. The average molecular weight is 506 g/mol. The minimum Gasteiger partial charge on any atom is -0.504 e. The van der Waals surface area contributed by atoms with Crippen molar-refractivity contribution in [1.82, 2.24) is 0 Å². The highest BCUT2D eigenvalue weighted by molar-refractivity contribution is 7.86. The van der Waals surface area contributed by atoms with E-state index in [4.69, 9.17) is 24.5 Å². The first kappa shape index (κ1) is 26.5. The van der Waals surface area contributed by atoms with Crippen LogP contribution in [0.4, 0.5) is 5.69 Å². The van der Waals surface area contributed by atoms with Crippen LogP contribution < -0.4 is 19.9 Å². The molecule has 2 aromatic rings. The first-order valence-corrected chi connectivity index (χ1v) is 12.9. The van der Waals surface area contributed by atoms with Crippen LogP contribution in [0.15, 0.2) is 30.3 Å². The van der Waals surface area contributed by atoms with Gasteiger partial charge in [0.1, 0.15) is 11.9 Å². The molecule has 13 heteroatoms. The van der Waals surface area contributed by atoms with E-state index in [0.717, 1.165) is 0 Å². The number of ether oxygens (including phenoxy) is 3. The van der Waals surface area contributed by atoms with E-state index in [9.17, 15) is 26.5 Å². The molecular weight excluding hydrogens is 478 g/mol. The normalized spacial score (nSPS) is 12.8. The zero-order valence-electron chi connectivity index (χ0n) is 18.1. The molecule has 2 aromatic carbocycles. The number of aromatic hydroxyl groups is 1. The fraction of sp³-hybridized carbons (Fsp3) is 0.400. The number of nitrogen functional groups attached to an aromatic ring is 1. The molecule has 0 saturated heterocycles. The molecule has 1 atom stereocenters. The Bertz CT molecular complexity index is 1180. The molecule has 0 aliphatic carbocycles. The van der Waals surface area contributed by atoms with Gasteiger partial charge in [-0.3, -0.25) is 9.11 Å². The van der Waals surface area contributed by atoms with Crippen molar-refractivity contribution < 1.29 is 45.3 Å². The zero-order chi connectivity index (χ0) is 24.8. The van der Waals surface area contributed by atoms with E-state index in [1.807, 2.05) is 0 Å². The number of aryl methyl sites for hydroxylation is 1. The average Bonchev–Trinajstić information content (AvgIpc) is 2.69. The highest BCUT2D eigenvalue weighted by atomic mass is 32.2. The van der Waals surface area contributed by atoms with Gasteiger partial charge in [0, 0.05) is 12.0 Å². The van der Waals surface area contributed by atoms with Crippen molar-refractivity contribution in [2.75, 3.05) is 31.5 Å². The third kappa shape index (κ3) is 7.96. The number of hydrogen-bond donors (Lipinski definition) is 4. The van der Waals surface area contributed by atoms with Crippen LogP contribution in [-0.4, -0.2) is 62.9 Å². The predicted octanol–water partition coefficient (Wildman–Crippen LogP) is 1.69. The number of benzene rings is 2. The second-order valence-electron chi connectivity index (χ2n) is 7.22. The third-order valence-electron chi connectivity index (χ3n) is 4.74. The second kappa shape index (κ2) is 10.9. The summed E-state index contributed by atoms with van der Waals surface area (Å²) in [5.41, 5.74) is 7.15. The number of para-hydroxylation sites is 1.